The summed E-state index contributed by atoms with van der Waals surface area (Å²) < 4.78 is 0. The number of nitrogens with zero attached hydrogens (tertiary/aromatic N) is 2. The summed E-state index contributed by atoms with van der Waals surface area (Å²) in [4.78, 5) is 46.0. The van der Waals surface area contributed by atoms with Gasteiger partial charge in [0.15, 0.2) is 0 Å². The third-order valence-corrected chi connectivity index (χ3v) is 2.81. The van der Waals surface area contributed by atoms with E-state index in [1.54, 1.807) is 0 Å². The molecule has 0 unspecified atom stereocenters. The number of hydrogen-bond acceptors (Lipinski definition) is 4. The van der Waals surface area contributed by atoms with Crippen molar-refractivity contribution in [3.63, 3.8) is 0 Å². The summed E-state index contributed by atoms with van der Waals surface area (Å²) >= 11 is 0. The van der Waals surface area contributed by atoms with Crippen LogP contribution in [0.1, 0.15) is 39.5 Å². The molecule has 0 radical (unpaired) electrons. The first-order chi connectivity index (χ1) is 9.27. The van der Waals surface area contributed by atoms with Crippen molar-refractivity contribution >= 4 is 23.9 Å². The second-order valence-electron chi connectivity index (χ2n) is 4.43. The molecular weight excluding hydrogens is 264 g/mol. The lowest BCUT2D eigenvalue weighted by molar-refractivity contribution is -0.127. The third kappa shape index (κ3) is 6.72. The standard InChI is InChI=1S/C12H22N4O4/c1-9(17)15(11(13)19)7-5-3-4-6-8-16(10(2)18)12(14)20/h3-8H2,1-2H3,(H2,13,19)(H2,14,20). The molecule has 0 atom stereocenters. The van der Waals surface area contributed by atoms with Gasteiger partial charge in [0.1, 0.15) is 0 Å². The number of nitrogens with two attached hydrogens (primary N) is 2. The van der Waals surface area contributed by atoms with Gasteiger partial charge in [-0.3, -0.25) is 19.4 Å². The minimum Gasteiger partial charge on any atom is -0.351 e. The van der Waals surface area contributed by atoms with Gasteiger partial charge in [0.25, 0.3) is 0 Å². The van der Waals surface area contributed by atoms with Crippen molar-refractivity contribution in [2.45, 2.75) is 39.5 Å². The molecule has 0 aromatic heterocycles. The lowest BCUT2D eigenvalue weighted by Crippen LogP contribution is -2.40. The molecule has 0 aliphatic carbocycles. The highest BCUT2D eigenvalue weighted by atomic mass is 16.2. The van der Waals surface area contributed by atoms with Crippen LogP contribution in [0, 0.1) is 0 Å². The molecule has 0 rings (SSSR count). The van der Waals surface area contributed by atoms with E-state index in [1.165, 1.54) is 13.8 Å². The number of hydrogen-bond donors (Lipinski definition) is 2. The summed E-state index contributed by atoms with van der Waals surface area (Å²) in [7, 11) is 0. The van der Waals surface area contributed by atoms with Crippen molar-refractivity contribution in [2.24, 2.45) is 11.5 Å². The van der Waals surface area contributed by atoms with Crippen molar-refractivity contribution < 1.29 is 19.2 Å². The number of unbranched alkanes of at least 4 members (excludes halogenated alkanes) is 3. The Hall–Kier alpha value is -2.12. The monoisotopic (exact) mass is 286 g/mol. The van der Waals surface area contributed by atoms with Crippen molar-refractivity contribution in [3.05, 3.63) is 0 Å². The summed E-state index contributed by atoms with van der Waals surface area (Å²) in [6.45, 7) is 3.11. The van der Waals surface area contributed by atoms with Gasteiger partial charge in [0.2, 0.25) is 11.8 Å². The normalized spacial score (nSPS) is 9.90. The van der Waals surface area contributed by atoms with Crippen LogP contribution in [0.15, 0.2) is 0 Å². The summed E-state index contributed by atoms with van der Waals surface area (Å²) in [6, 6.07) is -1.51. The molecule has 8 nitrogen and oxygen atoms in total. The highest BCUT2D eigenvalue weighted by Gasteiger charge is 2.14. The number of amides is 6. The summed E-state index contributed by atoms with van der Waals surface area (Å²) in [5.41, 5.74) is 10.1. The molecule has 6 amide bonds. The molecule has 0 aliphatic rings. The fraction of sp³-hybridized carbons (Fsp3) is 0.667. The molecule has 0 aliphatic heterocycles. The first-order valence-electron chi connectivity index (χ1n) is 6.42. The molecular formula is C12H22N4O4. The van der Waals surface area contributed by atoms with Crippen LogP contribution in [0.5, 0.6) is 0 Å². The lowest BCUT2D eigenvalue weighted by atomic mass is 10.2. The zero-order chi connectivity index (χ0) is 15.7. The second-order valence-corrected chi connectivity index (χ2v) is 4.43. The van der Waals surface area contributed by atoms with Gasteiger partial charge in [-0.05, 0) is 12.8 Å². The first-order valence-corrected chi connectivity index (χ1v) is 6.42. The summed E-state index contributed by atoms with van der Waals surface area (Å²) in [6.07, 6.45) is 2.75. The third-order valence-electron chi connectivity index (χ3n) is 2.81. The molecule has 0 saturated heterocycles. The van der Waals surface area contributed by atoms with E-state index in [2.05, 4.69) is 0 Å². The van der Waals surface area contributed by atoms with E-state index in [1.807, 2.05) is 0 Å². The number of carbonyl (C=O) groups is 4. The van der Waals surface area contributed by atoms with E-state index in [0.29, 0.717) is 12.8 Å². The molecule has 4 N–H and O–H groups in total. The molecule has 114 valence electrons. The zero-order valence-corrected chi connectivity index (χ0v) is 11.9. The van der Waals surface area contributed by atoms with Crippen LogP contribution in [0.3, 0.4) is 0 Å². The molecule has 8 heteroatoms. The van der Waals surface area contributed by atoms with Crippen LogP contribution < -0.4 is 11.5 Å². The molecule has 0 saturated carbocycles. The van der Waals surface area contributed by atoms with Gasteiger partial charge in [-0.25, -0.2) is 9.59 Å². The molecule has 0 aromatic rings. The molecule has 0 fully saturated rings. The van der Waals surface area contributed by atoms with Crippen LogP contribution in [0.25, 0.3) is 0 Å². The van der Waals surface area contributed by atoms with E-state index >= 15 is 0 Å². The fourth-order valence-corrected chi connectivity index (χ4v) is 1.74. The maximum atomic E-state index is 11.1. The van der Waals surface area contributed by atoms with Crippen LogP contribution >= 0.6 is 0 Å². The van der Waals surface area contributed by atoms with Crippen LogP contribution in [0.4, 0.5) is 9.59 Å². The smallest absolute Gasteiger partial charge is 0.321 e. The molecule has 0 spiro atoms. The predicted octanol–water partition coefficient (Wildman–Crippen LogP) is 0.401. The number of urea groups is 2. The summed E-state index contributed by atoms with van der Waals surface area (Å²) in [5.74, 6) is -0.761. The lowest BCUT2D eigenvalue weighted by Gasteiger charge is -2.17. The van der Waals surface area contributed by atoms with Gasteiger partial charge in [0.05, 0.1) is 0 Å². The Balaban J connectivity index is 3.87. The fourth-order valence-electron chi connectivity index (χ4n) is 1.74. The molecule has 0 bridgehead atoms. The minimum atomic E-state index is -0.756. The molecule has 20 heavy (non-hydrogen) atoms. The Morgan fingerprint density at radius 2 is 1.00 bits per heavy atom. The summed E-state index contributed by atoms with van der Waals surface area (Å²) in [5, 5.41) is 0. The van der Waals surface area contributed by atoms with Gasteiger partial charge in [0, 0.05) is 26.9 Å². The Morgan fingerprint density at radius 1 is 0.700 bits per heavy atom. The molecule has 0 aromatic carbocycles. The maximum absolute atomic E-state index is 11.1. The van der Waals surface area contributed by atoms with Crippen molar-refractivity contribution in [3.8, 4) is 0 Å². The van der Waals surface area contributed by atoms with Crippen molar-refractivity contribution in [2.75, 3.05) is 13.1 Å². The van der Waals surface area contributed by atoms with Gasteiger partial charge >= 0.3 is 12.1 Å². The van der Waals surface area contributed by atoms with Crippen molar-refractivity contribution in [1.82, 2.24) is 9.80 Å². The zero-order valence-electron chi connectivity index (χ0n) is 11.9. The second kappa shape index (κ2) is 8.89. The first kappa shape index (κ1) is 17.9. The van der Waals surface area contributed by atoms with Crippen LogP contribution in [-0.2, 0) is 9.59 Å². The van der Waals surface area contributed by atoms with E-state index in [0.717, 1.165) is 22.6 Å². The SMILES string of the molecule is CC(=O)N(CCCCCCN(C(C)=O)C(N)=O)C(N)=O. The largest absolute Gasteiger partial charge is 0.351 e. The number of carbonyl (C=O) groups excluding carboxylic acids is 4. The van der Waals surface area contributed by atoms with Crippen molar-refractivity contribution in [1.29, 1.82) is 0 Å². The number of primary amides is 2. The van der Waals surface area contributed by atoms with Gasteiger partial charge < -0.3 is 11.5 Å². The Kier molecular flexibility index (Phi) is 7.95. The quantitative estimate of drug-likeness (QED) is 0.656. The van der Waals surface area contributed by atoms with Crippen LogP contribution in [0.2, 0.25) is 0 Å². The Bertz CT molecular complexity index is 320. The van der Waals surface area contributed by atoms with E-state index in [-0.39, 0.29) is 24.9 Å². The predicted molar refractivity (Wildman–Crippen MR) is 72.4 cm³/mol. The van der Waals surface area contributed by atoms with E-state index < -0.39 is 12.1 Å². The highest BCUT2D eigenvalue weighted by Crippen LogP contribution is 2.04. The Labute approximate surface area is 118 Å². The Morgan fingerprint density at radius 3 is 1.20 bits per heavy atom. The van der Waals surface area contributed by atoms with E-state index in [4.69, 9.17) is 11.5 Å². The van der Waals surface area contributed by atoms with Gasteiger partial charge in [-0.15, -0.1) is 0 Å². The topological polar surface area (TPSA) is 127 Å². The van der Waals surface area contributed by atoms with E-state index in [9.17, 15) is 19.2 Å². The average molecular weight is 286 g/mol. The van der Waals surface area contributed by atoms with Gasteiger partial charge in [-0.2, -0.15) is 0 Å². The number of imide groups is 2. The maximum Gasteiger partial charge on any atom is 0.321 e. The molecule has 0 heterocycles. The van der Waals surface area contributed by atoms with Gasteiger partial charge in [-0.1, -0.05) is 12.8 Å². The highest BCUT2D eigenvalue weighted by molar-refractivity contribution is 5.92. The number of rotatable bonds is 7. The average Bonchev–Trinajstić information content (AvgIpc) is 2.30. The van der Waals surface area contributed by atoms with Crippen LogP contribution in [-0.4, -0.2) is 46.8 Å². The minimum absolute atomic E-state index is 0.275.